The van der Waals surface area contributed by atoms with Crippen molar-refractivity contribution in [2.45, 2.75) is 0 Å². The number of rotatable bonds is 4. The van der Waals surface area contributed by atoms with Crippen LogP contribution >= 0.6 is 31.9 Å². The van der Waals surface area contributed by atoms with E-state index in [9.17, 15) is 10.1 Å². The Morgan fingerprint density at radius 3 is 2.55 bits per heavy atom. The molecule has 104 valence electrons. The maximum atomic E-state index is 10.6. The molecule has 8 heteroatoms. The molecular formula is C12H8Br2N2O4. The van der Waals surface area contributed by atoms with Gasteiger partial charge in [-0.05, 0) is 50.1 Å². The van der Waals surface area contributed by atoms with Gasteiger partial charge in [-0.25, -0.2) is 4.98 Å². The van der Waals surface area contributed by atoms with E-state index in [2.05, 4.69) is 36.8 Å². The van der Waals surface area contributed by atoms with Crippen molar-refractivity contribution in [3.8, 4) is 17.4 Å². The largest absolute Gasteiger partial charge is 0.497 e. The van der Waals surface area contributed by atoms with Gasteiger partial charge < -0.3 is 9.47 Å². The van der Waals surface area contributed by atoms with Crippen LogP contribution in [-0.4, -0.2) is 17.0 Å². The fraction of sp³-hybridized carbons (Fsp3) is 0.0833. The number of benzene rings is 1. The van der Waals surface area contributed by atoms with Crippen molar-refractivity contribution in [1.82, 2.24) is 4.98 Å². The predicted octanol–water partition coefficient (Wildman–Crippen LogP) is 4.32. The second kappa shape index (κ2) is 6.19. The smallest absolute Gasteiger partial charge is 0.288 e. The zero-order valence-corrected chi connectivity index (χ0v) is 13.3. The maximum absolute atomic E-state index is 10.6. The summed E-state index contributed by atoms with van der Waals surface area (Å²) in [5.74, 6) is 1.44. The van der Waals surface area contributed by atoms with Crippen molar-refractivity contribution >= 4 is 37.5 Å². The number of pyridine rings is 1. The molecule has 6 nitrogen and oxygen atoms in total. The third-order valence-corrected chi connectivity index (χ3v) is 3.54. The molecule has 1 aromatic heterocycles. The average Bonchev–Trinajstić information content (AvgIpc) is 2.42. The van der Waals surface area contributed by atoms with Gasteiger partial charge in [0.1, 0.15) is 17.7 Å². The van der Waals surface area contributed by atoms with Gasteiger partial charge in [0.05, 0.1) is 21.0 Å². The van der Waals surface area contributed by atoms with E-state index >= 15 is 0 Å². The summed E-state index contributed by atoms with van der Waals surface area (Å²) in [5.41, 5.74) is -0.113. The molecule has 0 fully saturated rings. The average molecular weight is 404 g/mol. The summed E-state index contributed by atoms with van der Waals surface area (Å²) in [7, 11) is 1.57. The fourth-order valence-electron chi connectivity index (χ4n) is 1.39. The molecule has 0 unspecified atom stereocenters. The van der Waals surface area contributed by atoms with Crippen molar-refractivity contribution in [3.63, 3.8) is 0 Å². The lowest BCUT2D eigenvalue weighted by Crippen LogP contribution is -1.94. The summed E-state index contributed by atoms with van der Waals surface area (Å²) >= 11 is 6.55. The third-order valence-electron chi connectivity index (χ3n) is 2.35. The zero-order chi connectivity index (χ0) is 14.7. The van der Waals surface area contributed by atoms with Crippen LogP contribution in [0.25, 0.3) is 0 Å². The first kappa shape index (κ1) is 14.7. The first-order valence-electron chi connectivity index (χ1n) is 5.32. The van der Waals surface area contributed by atoms with Crippen molar-refractivity contribution < 1.29 is 14.4 Å². The van der Waals surface area contributed by atoms with Crippen molar-refractivity contribution in [3.05, 3.63) is 49.5 Å². The van der Waals surface area contributed by atoms with Crippen LogP contribution in [0.1, 0.15) is 0 Å². The number of methoxy groups -OCH3 is 1. The Morgan fingerprint density at radius 1 is 1.25 bits per heavy atom. The number of halogens is 2. The van der Waals surface area contributed by atoms with E-state index in [4.69, 9.17) is 9.47 Å². The molecule has 1 aromatic carbocycles. The zero-order valence-electron chi connectivity index (χ0n) is 10.2. The highest BCUT2D eigenvalue weighted by Gasteiger charge is 2.13. The van der Waals surface area contributed by atoms with Crippen LogP contribution in [0, 0.1) is 10.1 Å². The summed E-state index contributed by atoms with van der Waals surface area (Å²) in [4.78, 5) is 14.0. The normalized spacial score (nSPS) is 10.2. The predicted molar refractivity (Wildman–Crippen MR) is 79.4 cm³/mol. The minimum absolute atomic E-state index is 0.113. The molecule has 2 rings (SSSR count). The molecule has 1 heterocycles. The summed E-state index contributed by atoms with van der Waals surface area (Å²) in [5, 5.41) is 10.6. The Balaban J connectivity index is 2.28. The highest BCUT2D eigenvalue weighted by atomic mass is 79.9. The Bertz CT molecular complexity index is 664. The van der Waals surface area contributed by atoms with Gasteiger partial charge in [0, 0.05) is 6.07 Å². The van der Waals surface area contributed by atoms with Gasteiger partial charge in [-0.1, -0.05) is 0 Å². The number of nitrogens with zero attached hydrogens (tertiary/aromatic N) is 2. The summed E-state index contributed by atoms with van der Waals surface area (Å²) in [6.45, 7) is 0. The molecule has 0 aliphatic rings. The summed E-state index contributed by atoms with van der Waals surface area (Å²) < 4.78 is 11.8. The van der Waals surface area contributed by atoms with Gasteiger partial charge in [-0.3, -0.25) is 10.1 Å². The number of nitro groups is 1. The van der Waals surface area contributed by atoms with E-state index in [0.717, 1.165) is 6.20 Å². The summed E-state index contributed by atoms with van der Waals surface area (Å²) in [6.07, 6.45) is 1.14. The molecule has 0 aliphatic carbocycles. The SMILES string of the molecule is COc1ccc(Oc2ncc([N+](=O)[O-])cc2Br)c(Br)c1. The number of hydrogen-bond acceptors (Lipinski definition) is 5. The topological polar surface area (TPSA) is 74.5 Å². The number of aromatic nitrogens is 1. The Morgan fingerprint density at radius 2 is 2.00 bits per heavy atom. The van der Waals surface area contributed by atoms with E-state index in [1.165, 1.54) is 6.07 Å². The molecule has 0 bridgehead atoms. The van der Waals surface area contributed by atoms with E-state index in [-0.39, 0.29) is 11.6 Å². The lowest BCUT2D eigenvalue weighted by Gasteiger charge is -2.09. The lowest BCUT2D eigenvalue weighted by atomic mass is 10.3. The number of ether oxygens (including phenoxy) is 2. The van der Waals surface area contributed by atoms with Crippen molar-refractivity contribution in [1.29, 1.82) is 0 Å². The standard InChI is InChI=1S/C12H8Br2N2O4/c1-19-8-2-3-11(9(13)5-8)20-12-10(14)4-7(6-15-12)16(17)18/h2-6H,1H3. The summed E-state index contributed by atoms with van der Waals surface area (Å²) in [6, 6.07) is 6.52. The van der Waals surface area contributed by atoms with Gasteiger partial charge >= 0.3 is 0 Å². The molecule has 0 aliphatic heterocycles. The second-order valence-electron chi connectivity index (χ2n) is 3.64. The van der Waals surface area contributed by atoms with Gasteiger partial charge in [0.15, 0.2) is 0 Å². The molecule has 20 heavy (non-hydrogen) atoms. The highest BCUT2D eigenvalue weighted by molar-refractivity contribution is 9.11. The van der Waals surface area contributed by atoms with E-state index in [1.54, 1.807) is 25.3 Å². The quantitative estimate of drug-likeness (QED) is 0.561. The molecule has 2 aromatic rings. The molecule has 0 spiro atoms. The Labute approximate surface area is 131 Å². The van der Waals surface area contributed by atoms with Crippen LogP contribution < -0.4 is 9.47 Å². The first-order valence-corrected chi connectivity index (χ1v) is 6.91. The Hall–Kier alpha value is -1.67. The van der Waals surface area contributed by atoms with Gasteiger partial charge in [-0.2, -0.15) is 0 Å². The van der Waals surface area contributed by atoms with E-state index < -0.39 is 4.92 Å². The molecule has 0 N–H and O–H groups in total. The molecule has 0 atom stereocenters. The molecule has 0 saturated heterocycles. The molecule has 0 saturated carbocycles. The van der Waals surface area contributed by atoms with E-state index in [1.807, 2.05) is 0 Å². The fourth-order valence-corrected chi connectivity index (χ4v) is 2.24. The van der Waals surface area contributed by atoms with Gasteiger partial charge in [0.25, 0.3) is 5.69 Å². The monoisotopic (exact) mass is 402 g/mol. The molecule has 0 amide bonds. The molecule has 0 radical (unpaired) electrons. The van der Waals surface area contributed by atoms with Crippen LogP contribution in [0.15, 0.2) is 39.4 Å². The van der Waals surface area contributed by atoms with Crippen LogP contribution in [0.5, 0.6) is 17.4 Å². The van der Waals surface area contributed by atoms with Crippen molar-refractivity contribution in [2.75, 3.05) is 7.11 Å². The van der Waals surface area contributed by atoms with Crippen LogP contribution in [0.3, 0.4) is 0 Å². The van der Waals surface area contributed by atoms with Gasteiger partial charge in [0.2, 0.25) is 5.88 Å². The first-order chi connectivity index (χ1) is 9.51. The van der Waals surface area contributed by atoms with Crippen LogP contribution in [-0.2, 0) is 0 Å². The second-order valence-corrected chi connectivity index (χ2v) is 5.34. The third kappa shape index (κ3) is 3.26. The highest BCUT2D eigenvalue weighted by Crippen LogP contribution is 2.35. The van der Waals surface area contributed by atoms with Crippen molar-refractivity contribution in [2.24, 2.45) is 0 Å². The molecular weight excluding hydrogens is 396 g/mol. The van der Waals surface area contributed by atoms with Crippen LogP contribution in [0.4, 0.5) is 5.69 Å². The Kier molecular flexibility index (Phi) is 4.56. The van der Waals surface area contributed by atoms with Crippen LogP contribution in [0.2, 0.25) is 0 Å². The number of hydrogen-bond donors (Lipinski definition) is 0. The van der Waals surface area contributed by atoms with Gasteiger partial charge in [-0.15, -0.1) is 0 Å². The minimum Gasteiger partial charge on any atom is -0.497 e. The minimum atomic E-state index is -0.523. The van der Waals surface area contributed by atoms with E-state index in [0.29, 0.717) is 20.4 Å². The lowest BCUT2D eigenvalue weighted by molar-refractivity contribution is -0.385. The maximum Gasteiger partial charge on any atom is 0.288 e.